The molecular formula is C12H21N3O2S. The summed E-state index contributed by atoms with van der Waals surface area (Å²) in [4.78, 5) is 11.0. The van der Waals surface area contributed by atoms with E-state index in [4.69, 9.17) is 5.11 Å². The third-order valence-corrected chi connectivity index (χ3v) is 3.74. The van der Waals surface area contributed by atoms with Gasteiger partial charge in [0.15, 0.2) is 0 Å². The molecule has 0 aromatic carbocycles. The molecule has 102 valence electrons. The molecule has 1 unspecified atom stereocenters. The zero-order valence-electron chi connectivity index (χ0n) is 11.1. The molecule has 0 fully saturated rings. The highest BCUT2D eigenvalue weighted by Gasteiger charge is 2.15. The molecule has 1 atom stereocenters. The number of aryl methyl sites for hydroxylation is 1. The van der Waals surface area contributed by atoms with Gasteiger partial charge in [-0.1, -0.05) is 6.92 Å². The summed E-state index contributed by atoms with van der Waals surface area (Å²) in [6, 6.07) is 0.376. The number of rotatable bonds is 8. The van der Waals surface area contributed by atoms with Crippen molar-refractivity contribution in [3.8, 4) is 0 Å². The van der Waals surface area contributed by atoms with E-state index < -0.39 is 5.97 Å². The average Bonchev–Trinajstić information content (AvgIpc) is 2.68. The first-order valence-electron chi connectivity index (χ1n) is 6.11. The van der Waals surface area contributed by atoms with Crippen LogP contribution in [0.25, 0.3) is 0 Å². The lowest BCUT2D eigenvalue weighted by atomic mass is 10.2. The summed E-state index contributed by atoms with van der Waals surface area (Å²) in [6.45, 7) is 4.81. The number of carboxylic acid groups (broad SMARTS) is 1. The Morgan fingerprint density at radius 2 is 2.39 bits per heavy atom. The molecule has 0 saturated heterocycles. The highest BCUT2D eigenvalue weighted by molar-refractivity contribution is 7.99. The number of hydrogen-bond donors (Lipinski definition) is 2. The molecule has 1 aromatic rings. The number of aromatic nitrogens is 2. The Kier molecular flexibility index (Phi) is 6.21. The second-order valence-corrected chi connectivity index (χ2v) is 5.60. The molecule has 0 radical (unpaired) electrons. The minimum Gasteiger partial charge on any atom is -0.478 e. The van der Waals surface area contributed by atoms with Crippen LogP contribution in [-0.4, -0.2) is 38.4 Å². The van der Waals surface area contributed by atoms with E-state index in [2.05, 4.69) is 24.3 Å². The zero-order valence-corrected chi connectivity index (χ0v) is 12.0. The molecule has 1 heterocycles. The van der Waals surface area contributed by atoms with Crippen LogP contribution >= 0.6 is 11.8 Å². The van der Waals surface area contributed by atoms with E-state index in [9.17, 15) is 4.79 Å². The highest BCUT2D eigenvalue weighted by atomic mass is 32.2. The van der Waals surface area contributed by atoms with Crippen LogP contribution in [0.1, 0.15) is 36.3 Å². The lowest BCUT2D eigenvalue weighted by Crippen LogP contribution is -2.27. The number of nitrogens with one attached hydrogen (secondary N) is 1. The molecule has 0 bridgehead atoms. The molecule has 5 nitrogen and oxygen atoms in total. The highest BCUT2D eigenvalue weighted by Crippen LogP contribution is 2.09. The fourth-order valence-electron chi connectivity index (χ4n) is 1.63. The number of nitrogens with zero attached hydrogens (tertiary/aromatic N) is 2. The third kappa shape index (κ3) is 4.34. The van der Waals surface area contributed by atoms with Crippen molar-refractivity contribution < 1.29 is 9.90 Å². The monoisotopic (exact) mass is 271 g/mol. The lowest BCUT2D eigenvalue weighted by Gasteiger charge is -2.13. The minimum atomic E-state index is -0.922. The van der Waals surface area contributed by atoms with E-state index in [1.807, 2.05) is 11.8 Å². The topological polar surface area (TPSA) is 67.2 Å². The molecule has 1 aromatic heterocycles. The van der Waals surface area contributed by atoms with Crippen LogP contribution in [0.4, 0.5) is 0 Å². The van der Waals surface area contributed by atoms with Crippen LogP contribution in [0.15, 0.2) is 6.20 Å². The molecule has 0 aliphatic rings. The van der Waals surface area contributed by atoms with Gasteiger partial charge in [0.1, 0.15) is 5.56 Å². The van der Waals surface area contributed by atoms with Crippen LogP contribution < -0.4 is 5.32 Å². The maximum Gasteiger partial charge on any atom is 0.339 e. The normalized spacial score (nSPS) is 12.6. The molecular weight excluding hydrogens is 250 g/mol. The van der Waals surface area contributed by atoms with E-state index >= 15 is 0 Å². The van der Waals surface area contributed by atoms with Gasteiger partial charge in [-0.05, 0) is 24.9 Å². The summed E-state index contributed by atoms with van der Waals surface area (Å²) in [5.41, 5.74) is 0.998. The van der Waals surface area contributed by atoms with Gasteiger partial charge in [-0.3, -0.25) is 4.68 Å². The number of hydrogen-bond acceptors (Lipinski definition) is 4. The average molecular weight is 271 g/mol. The summed E-state index contributed by atoms with van der Waals surface area (Å²) in [6.07, 6.45) is 2.48. The maximum atomic E-state index is 11.0. The van der Waals surface area contributed by atoms with E-state index in [0.717, 1.165) is 23.6 Å². The van der Waals surface area contributed by atoms with Crippen LogP contribution in [0.5, 0.6) is 0 Å². The third-order valence-electron chi connectivity index (χ3n) is 2.81. The zero-order chi connectivity index (χ0) is 13.5. The number of aromatic carboxylic acids is 1. The number of carbonyl (C=O) groups is 1. The second-order valence-electron chi connectivity index (χ2n) is 4.20. The quantitative estimate of drug-likeness (QED) is 0.705. The SMILES string of the molecule is CCSCCC(C)NCc1c(C(=O)O)cnn1C. The maximum absolute atomic E-state index is 11.0. The van der Waals surface area contributed by atoms with Gasteiger partial charge < -0.3 is 10.4 Å². The minimum absolute atomic E-state index is 0.278. The number of carboxylic acids is 1. The molecule has 18 heavy (non-hydrogen) atoms. The molecule has 0 saturated carbocycles. The summed E-state index contributed by atoms with van der Waals surface area (Å²) >= 11 is 1.92. The van der Waals surface area contributed by atoms with Crippen molar-refractivity contribution in [2.24, 2.45) is 7.05 Å². The first-order chi connectivity index (χ1) is 8.56. The Balaban J connectivity index is 2.47. The van der Waals surface area contributed by atoms with Gasteiger partial charge in [0.05, 0.1) is 11.9 Å². The Morgan fingerprint density at radius 1 is 1.67 bits per heavy atom. The van der Waals surface area contributed by atoms with Crippen molar-refractivity contribution in [2.45, 2.75) is 32.9 Å². The molecule has 0 aliphatic heterocycles. The van der Waals surface area contributed by atoms with Crippen molar-refractivity contribution in [1.82, 2.24) is 15.1 Å². The van der Waals surface area contributed by atoms with E-state index in [-0.39, 0.29) is 5.56 Å². The molecule has 0 amide bonds. The smallest absolute Gasteiger partial charge is 0.339 e. The van der Waals surface area contributed by atoms with Crippen molar-refractivity contribution in [2.75, 3.05) is 11.5 Å². The Hall–Kier alpha value is -1.01. The Morgan fingerprint density at radius 3 is 3.00 bits per heavy atom. The second kappa shape index (κ2) is 7.43. The fourth-order valence-corrected chi connectivity index (χ4v) is 2.44. The first kappa shape index (κ1) is 15.0. The molecule has 2 N–H and O–H groups in total. The summed E-state index contributed by atoms with van der Waals surface area (Å²) in [5.74, 6) is 1.34. The van der Waals surface area contributed by atoms with Gasteiger partial charge in [-0.25, -0.2) is 4.79 Å². The summed E-state index contributed by atoms with van der Waals surface area (Å²) in [7, 11) is 1.76. The van der Waals surface area contributed by atoms with Gasteiger partial charge >= 0.3 is 5.97 Å². The van der Waals surface area contributed by atoms with Crippen molar-refractivity contribution in [3.05, 3.63) is 17.5 Å². The molecule has 0 spiro atoms. The van der Waals surface area contributed by atoms with Crippen LogP contribution in [0.2, 0.25) is 0 Å². The van der Waals surface area contributed by atoms with Crippen LogP contribution in [-0.2, 0) is 13.6 Å². The van der Waals surface area contributed by atoms with Crippen molar-refractivity contribution in [3.63, 3.8) is 0 Å². The van der Waals surface area contributed by atoms with Gasteiger partial charge in [0, 0.05) is 19.6 Å². The van der Waals surface area contributed by atoms with E-state index in [1.165, 1.54) is 6.20 Å². The van der Waals surface area contributed by atoms with Gasteiger partial charge in [0.2, 0.25) is 0 Å². The summed E-state index contributed by atoms with van der Waals surface area (Å²) < 4.78 is 1.62. The molecule has 1 rings (SSSR count). The Bertz CT molecular complexity index is 393. The van der Waals surface area contributed by atoms with Crippen LogP contribution in [0, 0.1) is 0 Å². The lowest BCUT2D eigenvalue weighted by molar-refractivity contribution is 0.0695. The Labute approximate surface area is 112 Å². The van der Waals surface area contributed by atoms with Gasteiger partial charge in [-0.2, -0.15) is 16.9 Å². The van der Waals surface area contributed by atoms with Crippen molar-refractivity contribution in [1.29, 1.82) is 0 Å². The van der Waals surface area contributed by atoms with Gasteiger partial charge in [0.25, 0.3) is 0 Å². The standard InChI is InChI=1S/C12H21N3O2S/c1-4-18-6-5-9(2)13-8-11-10(12(16)17)7-14-15(11)3/h7,9,13H,4-6,8H2,1-3H3,(H,16,17). The molecule has 0 aliphatic carbocycles. The van der Waals surface area contributed by atoms with Gasteiger partial charge in [-0.15, -0.1) is 0 Å². The number of thioether (sulfide) groups is 1. The first-order valence-corrected chi connectivity index (χ1v) is 7.27. The summed E-state index contributed by atoms with van der Waals surface area (Å²) in [5, 5.41) is 16.4. The fraction of sp³-hybridized carbons (Fsp3) is 0.667. The van der Waals surface area contributed by atoms with E-state index in [0.29, 0.717) is 12.6 Å². The van der Waals surface area contributed by atoms with Crippen LogP contribution in [0.3, 0.4) is 0 Å². The van der Waals surface area contributed by atoms with E-state index in [1.54, 1.807) is 11.7 Å². The predicted molar refractivity (Wildman–Crippen MR) is 74.1 cm³/mol. The molecule has 6 heteroatoms. The van der Waals surface area contributed by atoms with Crippen molar-refractivity contribution >= 4 is 17.7 Å². The largest absolute Gasteiger partial charge is 0.478 e. The predicted octanol–water partition coefficient (Wildman–Crippen LogP) is 1.74.